The van der Waals surface area contributed by atoms with Gasteiger partial charge in [-0.25, -0.2) is 9.48 Å². The molecule has 1 fully saturated rings. The maximum absolute atomic E-state index is 12.7. The van der Waals surface area contributed by atoms with Gasteiger partial charge in [0.25, 0.3) is 5.91 Å². The average molecular weight is 389 g/mol. The lowest BCUT2D eigenvalue weighted by Crippen LogP contribution is -2.31. The van der Waals surface area contributed by atoms with E-state index < -0.39 is 5.97 Å². The van der Waals surface area contributed by atoms with E-state index in [1.807, 2.05) is 67.6 Å². The van der Waals surface area contributed by atoms with Gasteiger partial charge in [-0.05, 0) is 43.5 Å². The van der Waals surface area contributed by atoms with Crippen LogP contribution in [-0.2, 0) is 9.53 Å². The van der Waals surface area contributed by atoms with Gasteiger partial charge in [-0.15, -0.1) is 0 Å². The summed E-state index contributed by atoms with van der Waals surface area (Å²) in [6.07, 6.45) is 2.17. The van der Waals surface area contributed by atoms with Crippen LogP contribution in [0.2, 0.25) is 0 Å². The van der Waals surface area contributed by atoms with Crippen molar-refractivity contribution in [2.24, 2.45) is 0 Å². The van der Waals surface area contributed by atoms with Gasteiger partial charge in [0.15, 0.2) is 12.3 Å². The Kier molecular flexibility index (Phi) is 5.42. The molecule has 1 atom stereocenters. The van der Waals surface area contributed by atoms with Crippen molar-refractivity contribution in [1.29, 1.82) is 0 Å². The lowest BCUT2D eigenvalue weighted by atomic mass is 10.1. The summed E-state index contributed by atoms with van der Waals surface area (Å²) in [7, 11) is 0. The number of hydrogen-bond donors (Lipinski definition) is 1. The first-order valence-corrected chi connectivity index (χ1v) is 9.78. The average Bonchev–Trinajstić information content (AvgIpc) is 3.51. The molecule has 1 amide bonds. The van der Waals surface area contributed by atoms with E-state index in [4.69, 9.17) is 4.74 Å². The monoisotopic (exact) mass is 389 g/mol. The van der Waals surface area contributed by atoms with Crippen molar-refractivity contribution in [1.82, 2.24) is 15.1 Å². The second-order valence-electron chi connectivity index (χ2n) is 7.25. The topological polar surface area (TPSA) is 73.2 Å². The number of ether oxygens (including phenoxy) is 1. The van der Waals surface area contributed by atoms with Crippen molar-refractivity contribution >= 4 is 11.9 Å². The highest BCUT2D eigenvalue weighted by atomic mass is 16.5. The SMILES string of the molecule is C[C@H](NC(=O)COC(=O)c1cc(C2CC2)nn1-c1ccccc1)c1ccccc1. The van der Waals surface area contributed by atoms with E-state index in [1.54, 1.807) is 10.7 Å². The molecule has 29 heavy (non-hydrogen) atoms. The highest BCUT2D eigenvalue weighted by Gasteiger charge is 2.29. The molecule has 0 spiro atoms. The van der Waals surface area contributed by atoms with Gasteiger partial charge in [-0.2, -0.15) is 5.10 Å². The van der Waals surface area contributed by atoms with Gasteiger partial charge in [0.05, 0.1) is 17.4 Å². The third kappa shape index (κ3) is 4.54. The minimum Gasteiger partial charge on any atom is -0.451 e. The summed E-state index contributed by atoms with van der Waals surface area (Å²) in [6.45, 7) is 1.55. The van der Waals surface area contributed by atoms with Crippen LogP contribution in [0.1, 0.15) is 53.5 Å². The lowest BCUT2D eigenvalue weighted by molar-refractivity contribution is -0.124. The fourth-order valence-electron chi connectivity index (χ4n) is 3.20. The fourth-order valence-corrected chi connectivity index (χ4v) is 3.20. The van der Waals surface area contributed by atoms with Gasteiger partial charge in [0, 0.05) is 5.92 Å². The normalized spacial score (nSPS) is 14.2. The van der Waals surface area contributed by atoms with E-state index in [9.17, 15) is 9.59 Å². The van der Waals surface area contributed by atoms with Crippen molar-refractivity contribution < 1.29 is 14.3 Å². The Balaban J connectivity index is 1.42. The third-order valence-corrected chi connectivity index (χ3v) is 4.95. The molecule has 0 aliphatic heterocycles. The van der Waals surface area contributed by atoms with Crippen LogP contribution in [-0.4, -0.2) is 28.3 Å². The minimum absolute atomic E-state index is 0.168. The fraction of sp³-hybridized carbons (Fsp3) is 0.261. The summed E-state index contributed by atoms with van der Waals surface area (Å²) in [6, 6.07) is 20.7. The van der Waals surface area contributed by atoms with E-state index in [-0.39, 0.29) is 18.6 Å². The van der Waals surface area contributed by atoms with E-state index in [2.05, 4.69) is 10.4 Å². The molecule has 6 nitrogen and oxygen atoms in total. The van der Waals surface area contributed by atoms with E-state index in [0.717, 1.165) is 29.8 Å². The third-order valence-electron chi connectivity index (χ3n) is 4.95. The number of carbonyl (C=O) groups excluding carboxylic acids is 2. The second-order valence-corrected chi connectivity index (χ2v) is 7.25. The summed E-state index contributed by atoms with van der Waals surface area (Å²) < 4.78 is 6.89. The molecule has 1 saturated carbocycles. The molecule has 0 unspecified atom stereocenters. The van der Waals surface area contributed by atoms with E-state index >= 15 is 0 Å². The number of esters is 1. The molecular weight excluding hydrogens is 366 g/mol. The van der Waals surface area contributed by atoms with Crippen LogP contribution >= 0.6 is 0 Å². The number of nitrogens with one attached hydrogen (secondary N) is 1. The van der Waals surface area contributed by atoms with Gasteiger partial charge < -0.3 is 10.1 Å². The van der Waals surface area contributed by atoms with Crippen LogP contribution in [0.3, 0.4) is 0 Å². The quantitative estimate of drug-likeness (QED) is 0.624. The predicted octanol–water partition coefficient (Wildman–Crippen LogP) is 3.78. The number of para-hydroxylation sites is 1. The molecule has 1 aromatic heterocycles. The second kappa shape index (κ2) is 8.31. The molecule has 4 rings (SSSR count). The van der Waals surface area contributed by atoms with Crippen LogP contribution in [0.5, 0.6) is 0 Å². The molecule has 0 saturated heterocycles. The van der Waals surface area contributed by atoms with Gasteiger partial charge in [-0.3, -0.25) is 4.79 Å². The Bertz CT molecular complexity index is 995. The summed E-state index contributed by atoms with van der Waals surface area (Å²) in [4.78, 5) is 24.9. The van der Waals surface area contributed by atoms with Crippen molar-refractivity contribution in [3.05, 3.63) is 83.7 Å². The summed E-state index contributed by atoms with van der Waals surface area (Å²) >= 11 is 0. The number of benzene rings is 2. The zero-order chi connectivity index (χ0) is 20.2. The van der Waals surface area contributed by atoms with Crippen LogP contribution < -0.4 is 5.32 Å². The zero-order valence-corrected chi connectivity index (χ0v) is 16.2. The molecular formula is C23H23N3O3. The van der Waals surface area contributed by atoms with Crippen LogP contribution in [0, 0.1) is 0 Å². The van der Waals surface area contributed by atoms with Crippen molar-refractivity contribution in [3.8, 4) is 5.69 Å². The molecule has 0 radical (unpaired) electrons. The highest BCUT2D eigenvalue weighted by molar-refractivity contribution is 5.90. The van der Waals surface area contributed by atoms with Crippen LogP contribution in [0.15, 0.2) is 66.7 Å². The number of rotatable bonds is 7. The Labute approximate surface area is 169 Å². The molecule has 2 aromatic carbocycles. The Hall–Kier alpha value is -3.41. The van der Waals surface area contributed by atoms with Crippen molar-refractivity contribution in [3.63, 3.8) is 0 Å². The van der Waals surface area contributed by atoms with E-state index in [1.165, 1.54) is 0 Å². The molecule has 1 N–H and O–H groups in total. The number of carbonyl (C=O) groups is 2. The summed E-state index contributed by atoms with van der Waals surface area (Å²) in [5.74, 6) is -0.500. The molecule has 148 valence electrons. The van der Waals surface area contributed by atoms with Crippen molar-refractivity contribution in [2.45, 2.75) is 31.7 Å². The van der Waals surface area contributed by atoms with E-state index in [0.29, 0.717) is 11.6 Å². The number of amides is 1. The van der Waals surface area contributed by atoms with Crippen LogP contribution in [0.25, 0.3) is 5.69 Å². The first-order valence-electron chi connectivity index (χ1n) is 9.78. The van der Waals surface area contributed by atoms with Gasteiger partial charge in [-0.1, -0.05) is 48.5 Å². The zero-order valence-electron chi connectivity index (χ0n) is 16.2. The molecule has 1 aliphatic carbocycles. The first-order chi connectivity index (χ1) is 14.1. The molecule has 6 heteroatoms. The van der Waals surface area contributed by atoms with Crippen molar-refractivity contribution in [2.75, 3.05) is 6.61 Å². The van der Waals surface area contributed by atoms with Gasteiger partial charge >= 0.3 is 5.97 Å². The standard InChI is InChI=1S/C23H23N3O3/c1-16(17-8-4-2-5-9-17)24-22(27)15-29-23(28)21-14-20(18-12-13-18)25-26(21)19-10-6-3-7-11-19/h2-11,14,16,18H,12-13,15H2,1H3,(H,24,27)/t16-/m0/s1. The Morgan fingerprint density at radius 2 is 1.76 bits per heavy atom. The Morgan fingerprint density at radius 1 is 1.10 bits per heavy atom. The number of aromatic nitrogens is 2. The molecule has 3 aromatic rings. The smallest absolute Gasteiger partial charge is 0.357 e. The minimum atomic E-state index is -0.559. The maximum Gasteiger partial charge on any atom is 0.357 e. The summed E-state index contributed by atoms with van der Waals surface area (Å²) in [5.41, 5.74) is 3.00. The maximum atomic E-state index is 12.7. The van der Waals surface area contributed by atoms with Gasteiger partial charge in [0.1, 0.15) is 0 Å². The summed E-state index contributed by atoms with van der Waals surface area (Å²) in [5, 5.41) is 7.44. The van der Waals surface area contributed by atoms with Crippen LogP contribution in [0.4, 0.5) is 0 Å². The number of hydrogen-bond acceptors (Lipinski definition) is 4. The Morgan fingerprint density at radius 3 is 2.41 bits per heavy atom. The highest BCUT2D eigenvalue weighted by Crippen LogP contribution is 2.39. The lowest BCUT2D eigenvalue weighted by Gasteiger charge is -2.14. The number of nitrogens with zero attached hydrogens (tertiary/aromatic N) is 2. The largest absolute Gasteiger partial charge is 0.451 e. The van der Waals surface area contributed by atoms with Gasteiger partial charge in [0.2, 0.25) is 0 Å². The predicted molar refractivity (Wildman–Crippen MR) is 109 cm³/mol. The molecule has 1 aliphatic rings. The first kappa shape index (κ1) is 18.9. The molecule has 1 heterocycles. The molecule has 0 bridgehead atoms.